The molecule has 0 bridgehead atoms. The predicted octanol–water partition coefficient (Wildman–Crippen LogP) is 5.71. The van der Waals surface area contributed by atoms with E-state index in [-0.39, 0.29) is 59.7 Å². The second-order valence-corrected chi connectivity index (χ2v) is 15.0. The standard InChI is InChI=1S/C25H40N2O4.C15H31N3O2.C2H6.CH4O/c1-5-6-7-11-16-22(28)27-17-12-15-21(27)24(31-4)18(2)25(30)26-19(3)23(29)20-13-9-8-10-14-20;1-9(2)12(14(19)16-7)17-15(20)13(10(3)4)18(8)11(5)6;2*1-2/h8-10,13-14,18-19,21,23-24,29H,5-7,11-12,15-17H2,1-4H3,(H,26,30);9-13H,1-8H3,(H,16,19)(H,17,20);1-2H3;2H,1H3. The van der Waals surface area contributed by atoms with Crippen molar-refractivity contribution >= 4 is 23.6 Å². The van der Waals surface area contributed by atoms with Crippen LogP contribution in [0.15, 0.2) is 30.3 Å². The number of methoxy groups -OCH3 is 1. The van der Waals surface area contributed by atoms with Gasteiger partial charge in [0, 0.05) is 40.3 Å². The zero-order valence-corrected chi connectivity index (χ0v) is 37.1. The number of benzene rings is 1. The van der Waals surface area contributed by atoms with Crippen LogP contribution >= 0.6 is 0 Å². The zero-order valence-electron chi connectivity index (χ0n) is 37.1. The van der Waals surface area contributed by atoms with Crippen LogP contribution < -0.4 is 16.0 Å². The Hall–Kier alpha value is -3.06. The van der Waals surface area contributed by atoms with E-state index >= 15 is 0 Å². The second-order valence-electron chi connectivity index (χ2n) is 15.0. The maximum atomic E-state index is 13.0. The van der Waals surface area contributed by atoms with Crippen LogP contribution in [0.2, 0.25) is 0 Å². The number of nitrogens with zero attached hydrogens (tertiary/aromatic N) is 2. The Labute approximate surface area is 334 Å². The van der Waals surface area contributed by atoms with Gasteiger partial charge in [0.25, 0.3) is 0 Å². The highest BCUT2D eigenvalue weighted by Gasteiger charge is 2.40. The fourth-order valence-electron chi connectivity index (χ4n) is 6.72. The highest BCUT2D eigenvalue weighted by molar-refractivity contribution is 5.90. The third kappa shape index (κ3) is 18.6. The number of aliphatic hydroxyl groups is 2. The molecule has 7 unspecified atom stereocenters. The Bertz CT molecular complexity index is 1180. The summed E-state index contributed by atoms with van der Waals surface area (Å²) in [7, 11) is 6.14. The maximum absolute atomic E-state index is 13.0. The first-order chi connectivity index (χ1) is 26.0. The molecule has 1 heterocycles. The van der Waals surface area contributed by atoms with Crippen LogP contribution in [-0.2, 0) is 23.9 Å². The van der Waals surface area contributed by atoms with Crippen molar-refractivity contribution in [3.05, 3.63) is 35.9 Å². The lowest BCUT2D eigenvalue weighted by molar-refractivity contribution is -0.140. The first-order valence-electron chi connectivity index (χ1n) is 20.6. The van der Waals surface area contributed by atoms with Crippen molar-refractivity contribution < 1.29 is 34.1 Å². The smallest absolute Gasteiger partial charge is 0.242 e. The van der Waals surface area contributed by atoms with Crippen molar-refractivity contribution in [2.24, 2.45) is 17.8 Å². The topological polar surface area (TPSA) is 161 Å². The molecule has 0 aliphatic carbocycles. The normalized spacial score (nSPS) is 17.0. The molecule has 320 valence electrons. The summed E-state index contributed by atoms with van der Waals surface area (Å²) in [5.74, 6) is -0.441. The summed E-state index contributed by atoms with van der Waals surface area (Å²) in [6, 6.07) is 8.33. The molecule has 1 aromatic rings. The number of rotatable bonds is 19. The number of hydrogen-bond acceptors (Lipinski definition) is 8. The molecule has 4 amide bonds. The summed E-state index contributed by atoms with van der Waals surface area (Å²) in [5.41, 5.74) is 0.766. The highest BCUT2D eigenvalue weighted by atomic mass is 16.5. The number of amides is 4. The van der Waals surface area contributed by atoms with Crippen molar-refractivity contribution in [2.45, 2.75) is 164 Å². The maximum Gasteiger partial charge on any atom is 0.242 e. The number of carbonyl (C=O) groups excluding carboxylic acids is 4. The van der Waals surface area contributed by atoms with E-state index in [0.717, 1.165) is 57.7 Å². The summed E-state index contributed by atoms with van der Waals surface area (Å²) in [5, 5.41) is 26.0. The minimum atomic E-state index is -0.786. The molecule has 1 aliphatic heterocycles. The lowest BCUT2D eigenvalue weighted by Crippen LogP contribution is -2.56. The Morgan fingerprint density at radius 3 is 1.93 bits per heavy atom. The number of carbonyl (C=O) groups is 4. The van der Waals surface area contributed by atoms with Crippen LogP contribution in [0.3, 0.4) is 0 Å². The van der Waals surface area contributed by atoms with E-state index in [2.05, 4.69) is 36.7 Å². The van der Waals surface area contributed by atoms with Gasteiger partial charge in [-0.2, -0.15) is 0 Å². The van der Waals surface area contributed by atoms with Crippen molar-refractivity contribution in [2.75, 3.05) is 34.9 Å². The fourth-order valence-corrected chi connectivity index (χ4v) is 6.72. The van der Waals surface area contributed by atoms with Crippen LogP contribution in [0.4, 0.5) is 0 Å². The van der Waals surface area contributed by atoms with Gasteiger partial charge < -0.3 is 35.8 Å². The molecular weight excluding hydrogens is 699 g/mol. The number of nitrogens with one attached hydrogen (secondary N) is 3. The van der Waals surface area contributed by atoms with E-state index in [0.29, 0.717) is 6.42 Å². The molecule has 1 fully saturated rings. The molecule has 1 aromatic carbocycles. The Kier molecular flexibility index (Phi) is 29.6. The van der Waals surface area contributed by atoms with E-state index in [1.165, 1.54) is 0 Å². The third-order valence-electron chi connectivity index (χ3n) is 10.1. The number of aliphatic hydroxyl groups excluding tert-OH is 2. The molecule has 0 aromatic heterocycles. The van der Waals surface area contributed by atoms with Gasteiger partial charge in [0.1, 0.15) is 6.04 Å². The summed E-state index contributed by atoms with van der Waals surface area (Å²) in [4.78, 5) is 54.1. The average Bonchev–Trinajstić information content (AvgIpc) is 3.66. The quantitative estimate of drug-likeness (QED) is 0.112. The van der Waals surface area contributed by atoms with E-state index in [9.17, 15) is 24.3 Å². The number of hydrogen-bond donors (Lipinski definition) is 5. The van der Waals surface area contributed by atoms with Gasteiger partial charge in [-0.05, 0) is 64.5 Å². The number of likely N-dealkylation sites (N-methyl/N-ethyl adjacent to an activating group) is 2. The molecule has 12 nitrogen and oxygen atoms in total. The van der Waals surface area contributed by atoms with Crippen molar-refractivity contribution in [3.8, 4) is 0 Å². The van der Waals surface area contributed by atoms with Gasteiger partial charge in [-0.3, -0.25) is 24.1 Å². The molecule has 7 atom stereocenters. The lowest BCUT2D eigenvalue weighted by Gasteiger charge is -2.34. The van der Waals surface area contributed by atoms with Gasteiger partial charge in [-0.25, -0.2) is 0 Å². The minimum absolute atomic E-state index is 0.0519. The van der Waals surface area contributed by atoms with Crippen LogP contribution in [0.1, 0.15) is 133 Å². The monoisotopic (exact) mass is 780 g/mol. The molecule has 0 saturated carbocycles. The Morgan fingerprint density at radius 2 is 1.45 bits per heavy atom. The summed E-state index contributed by atoms with van der Waals surface area (Å²) in [6.07, 6.45) is 5.48. The van der Waals surface area contributed by atoms with Crippen LogP contribution in [0, 0.1) is 17.8 Å². The van der Waals surface area contributed by atoms with Gasteiger partial charge in [0.2, 0.25) is 23.6 Å². The molecular formula is C43H81N5O7. The first kappa shape index (κ1) is 54.0. The average molecular weight is 780 g/mol. The molecule has 1 saturated heterocycles. The molecule has 12 heteroatoms. The number of ether oxygens (including phenoxy) is 1. The van der Waals surface area contributed by atoms with E-state index < -0.39 is 24.1 Å². The Balaban J connectivity index is 0. The second kappa shape index (κ2) is 30.1. The van der Waals surface area contributed by atoms with Crippen LogP contribution in [0.5, 0.6) is 0 Å². The van der Waals surface area contributed by atoms with Crippen molar-refractivity contribution in [1.82, 2.24) is 25.8 Å². The molecule has 0 spiro atoms. The minimum Gasteiger partial charge on any atom is -0.400 e. The van der Waals surface area contributed by atoms with Crippen LogP contribution in [-0.4, -0.2) is 115 Å². The Morgan fingerprint density at radius 1 is 0.873 bits per heavy atom. The van der Waals surface area contributed by atoms with Crippen molar-refractivity contribution in [1.29, 1.82) is 0 Å². The molecule has 1 aliphatic rings. The van der Waals surface area contributed by atoms with Crippen LogP contribution in [0.25, 0.3) is 0 Å². The lowest BCUT2D eigenvalue weighted by atomic mass is 9.94. The molecule has 5 N–H and O–H groups in total. The number of likely N-dealkylation sites (tertiary alicyclic amines) is 1. The zero-order chi connectivity index (χ0) is 42.8. The van der Waals surface area contributed by atoms with Gasteiger partial charge in [0.05, 0.1) is 36.3 Å². The summed E-state index contributed by atoms with van der Waals surface area (Å²) < 4.78 is 5.75. The summed E-state index contributed by atoms with van der Waals surface area (Å²) in [6.45, 7) is 22.5. The van der Waals surface area contributed by atoms with E-state index in [1.807, 2.05) is 95.6 Å². The van der Waals surface area contributed by atoms with Gasteiger partial charge in [-0.1, -0.05) is 105 Å². The fraction of sp³-hybridized carbons (Fsp3) is 0.767. The first-order valence-corrected chi connectivity index (χ1v) is 20.6. The number of unbranched alkanes of at least 4 members (excludes halogenated alkanes) is 3. The van der Waals surface area contributed by atoms with E-state index in [1.54, 1.807) is 21.1 Å². The molecule has 55 heavy (non-hydrogen) atoms. The molecule has 2 rings (SSSR count). The third-order valence-corrected chi connectivity index (χ3v) is 10.1. The summed E-state index contributed by atoms with van der Waals surface area (Å²) >= 11 is 0. The van der Waals surface area contributed by atoms with Gasteiger partial charge in [-0.15, -0.1) is 0 Å². The van der Waals surface area contributed by atoms with Gasteiger partial charge >= 0.3 is 0 Å². The molecule has 0 radical (unpaired) electrons. The SMILES string of the molecule is CC.CCCCCCC(=O)N1CCCC1C(OC)C(C)C(=O)NC(C)C(O)c1ccccc1.CNC(=O)C(NC(=O)C(C(C)C)N(C)C(C)C)C(C)C.CO. The van der Waals surface area contributed by atoms with Crippen molar-refractivity contribution in [3.63, 3.8) is 0 Å². The van der Waals surface area contributed by atoms with Gasteiger partial charge in [0.15, 0.2) is 0 Å². The highest BCUT2D eigenvalue weighted by Crippen LogP contribution is 2.28. The predicted molar refractivity (Wildman–Crippen MR) is 224 cm³/mol. The van der Waals surface area contributed by atoms with E-state index in [4.69, 9.17) is 9.84 Å². The largest absolute Gasteiger partial charge is 0.400 e.